The maximum absolute atomic E-state index is 12.7. The molecule has 0 aromatic carbocycles. The molecule has 1 N–H and O–H groups in total. The summed E-state index contributed by atoms with van der Waals surface area (Å²) < 4.78 is 7.00. The quantitative estimate of drug-likeness (QED) is 0.864. The van der Waals surface area contributed by atoms with Crippen molar-refractivity contribution in [2.24, 2.45) is 7.05 Å². The summed E-state index contributed by atoms with van der Waals surface area (Å²) in [6.07, 6.45) is 2.67. The number of fused-ring (bicyclic) bond motifs is 1. The van der Waals surface area contributed by atoms with Crippen LogP contribution in [-0.2, 0) is 31.4 Å². The fraction of sp³-hybridized carbons (Fsp3) is 0.444. The Morgan fingerprint density at radius 2 is 2.15 bits per heavy atom. The number of pyridine rings is 1. The van der Waals surface area contributed by atoms with Gasteiger partial charge in [0.05, 0.1) is 37.2 Å². The van der Waals surface area contributed by atoms with Crippen LogP contribution < -0.4 is 10.1 Å². The fourth-order valence-electron chi connectivity index (χ4n) is 2.99. The molecule has 8 nitrogen and oxygen atoms in total. The number of aromatic nitrogens is 3. The number of ether oxygens (including phenoxy) is 1. The van der Waals surface area contributed by atoms with Gasteiger partial charge < -0.3 is 19.5 Å². The third-order valence-electron chi connectivity index (χ3n) is 4.59. The van der Waals surface area contributed by atoms with Crippen LogP contribution in [0, 0.1) is 0 Å². The lowest BCUT2D eigenvalue weighted by molar-refractivity contribution is -0.120. The van der Waals surface area contributed by atoms with Crippen molar-refractivity contribution in [2.75, 3.05) is 13.7 Å². The number of hydrogen-bond acceptors (Lipinski definition) is 5. The molecule has 0 fully saturated rings. The number of hydrogen-bond donors (Lipinski definition) is 1. The molecule has 2 aromatic rings. The van der Waals surface area contributed by atoms with E-state index in [1.54, 1.807) is 24.1 Å². The Morgan fingerprint density at radius 3 is 2.81 bits per heavy atom. The van der Waals surface area contributed by atoms with Crippen LogP contribution >= 0.6 is 0 Å². The van der Waals surface area contributed by atoms with Crippen molar-refractivity contribution in [3.05, 3.63) is 41.1 Å². The molecule has 0 saturated heterocycles. The number of carbonyl (C=O) groups excluding carboxylic acids is 2. The maximum atomic E-state index is 12.7. The molecule has 0 radical (unpaired) electrons. The number of carbonyl (C=O) groups is 2. The predicted molar refractivity (Wildman–Crippen MR) is 94.6 cm³/mol. The van der Waals surface area contributed by atoms with Crippen LogP contribution in [0.25, 0.3) is 0 Å². The molecule has 1 aliphatic heterocycles. The Kier molecular flexibility index (Phi) is 5.20. The highest BCUT2D eigenvalue weighted by atomic mass is 16.5. The Hall–Kier alpha value is -2.90. The second-order valence-electron chi connectivity index (χ2n) is 6.18. The van der Waals surface area contributed by atoms with Gasteiger partial charge in [-0.2, -0.15) is 0 Å². The Balaban J connectivity index is 1.73. The second kappa shape index (κ2) is 7.55. The van der Waals surface area contributed by atoms with Gasteiger partial charge >= 0.3 is 0 Å². The van der Waals surface area contributed by atoms with Gasteiger partial charge in [-0.05, 0) is 6.07 Å². The van der Waals surface area contributed by atoms with E-state index in [1.807, 2.05) is 18.5 Å². The van der Waals surface area contributed by atoms with Crippen LogP contribution in [0.5, 0.6) is 5.88 Å². The number of methoxy groups -OCH3 is 1. The molecule has 26 heavy (non-hydrogen) atoms. The van der Waals surface area contributed by atoms with Gasteiger partial charge in [-0.15, -0.1) is 0 Å². The van der Waals surface area contributed by atoms with E-state index < -0.39 is 0 Å². The van der Waals surface area contributed by atoms with Crippen molar-refractivity contribution < 1.29 is 14.3 Å². The molecule has 0 atom stereocenters. The van der Waals surface area contributed by atoms with Gasteiger partial charge in [0.15, 0.2) is 0 Å². The molecular weight excluding hydrogens is 334 g/mol. The van der Waals surface area contributed by atoms with Gasteiger partial charge in [0.2, 0.25) is 11.8 Å². The second-order valence-corrected chi connectivity index (χ2v) is 6.18. The maximum Gasteiger partial charge on any atom is 0.255 e. The molecule has 1 aliphatic rings. The van der Waals surface area contributed by atoms with E-state index in [4.69, 9.17) is 4.74 Å². The van der Waals surface area contributed by atoms with Crippen LogP contribution in [0.1, 0.15) is 40.9 Å². The first-order chi connectivity index (χ1) is 12.5. The lowest BCUT2D eigenvalue weighted by Gasteiger charge is -2.27. The molecule has 138 valence electrons. The van der Waals surface area contributed by atoms with Crippen molar-refractivity contribution in [1.29, 1.82) is 0 Å². The number of nitrogens with one attached hydrogen (secondary N) is 1. The van der Waals surface area contributed by atoms with Gasteiger partial charge in [0, 0.05) is 38.7 Å². The number of nitrogens with zero attached hydrogens (tertiary/aromatic N) is 4. The first kappa shape index (κ1) is 17.9. The summed E-state index contributed by atoms with van der Waals surface area (Å²) in [5, 5.41) is 2.85. The highest BCUT2D eigenvalue weighted by molar-refractivity contribution is 5.94. The van der Waals surface area contributed by atoms with Crippen molar-refractivity contribution in [2.45, 2.75) is 32.9 Å². The average Bonchev–Trinajstić information content (AvgIpc) is 3.00. The van der Waals surface area contributed by atoms with Crippen LogP contribution in [0.4, 0.5) is 0 Å². The molecular formula is C18H23N5O3. The lowest BCUT2D eigenvalue weighted by atomic mass is 10.1. The first-order valence-electron chi connectivity index (χ1n) is 8.62. The number of amides is 2. The van der Waals surface area contributed by atoms with E-state index in [2.05, 4.69) is 15.3 Å². The minimum absolute atomic E-state index is 0.00483. The molecule has 0 saturated carbocycles. The smallest absolute Gasteiger partial charge is 0.255 e. The molecule has 3 rings (SSSR count). The Morgan fingerprint density at radius 1 is 1.35 bits per heavy atom. The molecule has 3 heterocycles. The molecule has 8 heteroatoms. The molecule has 0 bridgehead atoms. The van der Waals surface area contributed by atoms with Crippen molar-refractivity contribution in [3.63, 3.8) is 0 Å². The summed E-state index contributed by atoms with van der Waals surface area (Å²) >= 11 is 0. The first-order valence-corrected chi connectivity index (χ1v) is 8.62. The van der Waals surface area contributed by atoms with E-state index in [-0.39, 0.29) is 11.8 Å². The summed E-state index contributed by atoms with van der Waals surface area (Å²) in [7, 11) is 3.46. The number of rotatable bonds is 5. The normalized spacial score (nSPS) is 13.3. The van der Waals surface area contributed by atoms with E-state index in [9.17, 15) is 9.59 Å². The molecule has 0 spiro atoms. The molecule has 2 aromatic heterocycles. The zero-order chi connectivity index (χ0) is 18.7. The fourth-order valence-corrected chi connectivity index (χ4v) is 2.99. The topological polar surface area (TPSA) is 89.4 Å². The standard InChI is InChI=1S/C18H23N5O3/c1-4-16(24)19-10-15-21-13-7-8-23(11-14(13)22(15)2)18(25)12-5-6-17(26-3)20-9-12/h5-6,9H,4,7-8,10-11H2,1-3H3,(H,19,24). The highest BCUT2D eigenvalue weighted by Crippen LogP contribution is 2.21. The van der Waals surface area contributed by atoms with E-state index in [0.717, 1.165) is 17.2 Å². The summed E-state index contributed by atoms with van der Waals surface area (Å²) in [5.74, 6) is 1.22. The van der Waals surface area contributed by atoms with E-state index >= 15 is 0 Å². The predicted octanol–water partition coefficient (Wildman–Crippen LogP) is 1.05. The van der Waals surface area contributed by atoms with Crippen LogP contribution in [0.3, 0.4) is 0 Å². The van der Waals surface area contributed by atoms with Gasteiger partial charge in [-0.1, -0.05) is 6.92 Å². The summed E-state index contributed by atoms with van der Waals surface area (Å²) in [6.45, 7) is 3.31. The Labute approximate surface area is 152 Å². The molecule has 0 unspecified atom stereocenters. The number of imidazole rings is 1. The monoisotopic (exact) mass is 357 g/mol. The van der Waals surface area contributed by atoms with Gasteiger partial charge in [0.25, 0.3) is 5.91 Å². The molecule has 0 aliphatic carbocycles. The van der Waals surface area contributed by atoms with E-state index in [1.165, 1.54) is 6.20 Å². The van der Waals surface area contributed by atoms with Gasteiger partial charge in [-0.3, -0.25) is 9.59 Å². The van der Waals surface area contributed by atoms with Crippen LogP contribution in [0.2, 0.25) is 0 Å². The van der Waals surface area contributed by atoms with Gasteiger partial charge in [-0.25, -0.2) is 9.97 Å². The van der Waals surface area contributed by atoms with Crippen LogP contribution in [-0.4, -0.2) is 44.9 Å². The summed E-state index contributed by atoms with van der Waals surface area (Å²) in [4.78, 5) is 34.7. The third kappa shape index (κ3) is 3.54. The van der Waals surface area contributed by atoms with Crippen molar-refractivity contribution in [1.82, 2.24) is 24.8 Å². The van der Waals surface area contributed by atoms with Crippen LogP contribution in [0.15, 0.2) is 18.3 Å². The summed E-state index contributed by atoms with van der Waals surface area (Å²) in [5.41, 5.74) is 2.53. The largest absolute Gasteiger partial charge is 0.481 e. The van der Waals surface area contributed by atoms with Crippen molar-refractivity contribution in [3.8, 4) is 5.88 Å². The summed E-state index contributed by atoms with van der Waals surface area (Å²) in [6, 6.07) is 3.40. The minimum atomic E-state index is -0.0622. The minimum Gasteiger partial charge on any atom is -0.481 e. The van der Waals surface area contributed by atoms with Gasteiger partial charge in [0.1, 0.15) is 5.82 Å². The third-order valence-corrected chi connectivity index (χ3v) is 4.59. The zero-order valence-corrected chi connectivity index (χ0v) is 15.3. The van der Waals surface area contributed by atoms with Crippen molar-refractivity contribution >= 4 is 11.8 Å². The SMILES string of the molecule is CCC(=O)NCc1nc2c(n1C)CN(C(=O)c1ccc(OC)nc1)CC2. The lowest BCUT2D eigenvalue weighted by Crippen LogP contribution is -2.36. The van der Waals surface area contributed by atoms with E-state index in [0.29, 0.717) is 43.9 Å². The molecule has 2 amide bonds. The zero-order valence-electron chi connectivity index (χ0n) is 15.3. The Bertz CT molecular complexity index is 813. The average molecular weight is 357 g/mol. The highest BCUT2D eigenvalue weighted by Gasteiger charge is 2.26.